The van der Waals surface area contributed by atoms with Gasteiger partial charge in [-0.25, -0.2) is 4.39 Å². The summed E-state index contributed by atoms with van der Waals surface area (Å²) in [5.74, 6) is -0.265. The molecule has 74 valence electrons. The van der Waals surface area contributed by atoms with Gasteiger partial charge in [0.25, 0.3) is 0 Å². The summed E-state index contributed by atoms with van der Waals surface area (Å²) in [6.07, 6.45) is 1.75. The van der Waals surface area contributed by atoms with Gasteiger partial charge >= 0.3 is 0 Å². The third-order valence-corrected chi connectivity index (χ3v) is 2.70. The van der Waals surface area contributed by atoms with Gasteiger partial charge in [-0.05, 0) is 17.7 Å². The number of rotatable bonds is 0. The van der Waals surface area contributed by atoms with Crippen LogP contribution in [-0.4, -0.2) is 4.57 Å². The van der Waals surface area contributed by atoms with E-state index in [0.29, 0.717) is 6.54 Å². The molecule has 15 heavy (non-hydrogen) atoms. The Balaban J connectivity index is 2.33. The minimum Gasteiger partial charge on any atom is -0.343 e. The zero-order chi connectivity index (χ0) is 10.4. The average Bonchev–Trinajstić information content (AvgIpc) is 2.56. The van der Waals surface area contributed by atoms with Gasteiger partial charge < -0.3 is 4.57 Å². The summed E-state index contributed by atoms with van der Waals surface area (Å²) < 4.78 is 15.0. The maximum Gasteiger partial charge on any atom is 0.182 e. The van der Waals surface area contributed by atoms with Gasteiger partial charge in [0.2, 0.25) is 0 Å². The van der Waals surface area contributed by atoms with Gasteiger partial charge in [-0.1, -0.05) is 6.07 Å². The molecule has 3 rings (SSSR count). The van der Waals surface area contributed by atoms with Crippen molar-refractivity contribution in [3.05, 3.63) is 58.1 Å². The van der Waals surface area contributed by atoms with Crippen LogP contribution >= 0.6 is 0 Å². The first-order chi connectivity index (χ1) is 7.24. The van der Waals surface area contributed by atoms with Gasteiger partial charge in [-0.3, -0.25) is 4.79 Å². The molecule has 0 aliphatic carbocycles. The van der Waals surface area contributed by atoms with Gasteiger partial charge in [0.1, 0.15) is 5.82 Å². The minimum atomic E-state index is -0.265. The predicted molar refractivity (Wildman–Crippen MR) is 55.2 cm³/mol. The highest BCUT2D eigenvalue weighted by atomic mass is 19.1. The fraction of sp³-hybridized carbons (Fsp3) is 0.0833. The van der Waals surface area contributed by atoms with Crippen molar-refractivity contribution in [3.8, 4) is 11.3 Å². The molecule has 1 aliphatic rings. The molecule has 0 spiro atoms. The van der Waals surface area contributed by atoms with Crippen LogP contribution < -0.4 is 5.43 Å². The van der Waals surface area contributed by atoms with Crippen LogP contribution in [0.15, 0.2) is 41.3 Å². The van der Waals surface area contributed by atoms with Gasteiger partial charge in [0.15, 0.2) is 5.43 Å². The van der Waals surface area contributed by atoms with E-state index in [1.165, 1.54) is 18.2 Å². The van der Waals surface area contributed by atoms with E-state index in [0.717, 1.165) is 16.8 Å². The smallest absolute Gasteiger partial charge is 0.182 e. The van der Waals surface area contributed by atoms with E-state index in [9.17, 15) is 9.18 Å². The van der Waals surface area contributed by atoms with E-state index in [1.54, 1.807) is 18.3 Å². The zero-order valence-corrected chi connectivity index (χ0v) is 7.90. The molecule has 0 radical (unpaired) electrons. The van der Waals surface area contributed by atoms with Crippen LogP contribution in [0.2, 0.25) is 0 Å². The van der Waals surface area contributed by atoms with E-state index >= 15 is 0 Å². The second kappa shape index (κ2) is 2.79. The van der Waals surface area contributed by atoms with Crippen LogP contribution in [0.5, 0.6) is 0 Å². The van der Waals surface area contributed by atoms with E-state index < -0.39 is 0 Å². The summed E-state index contributed by atoms with van der Waals surface area (Å²) in [4.78, 5) is 11.2. The first kappa shape index (κ1) is 8.41. The summed E-state index contributed by atoms with van der Waals surface area (Å²) >= 11 is 0. The topological polar surface area (TPSA) is 22.0 Å². The number of hydrogen-bond donors (Lipinski definition) is 0. The SMILES string of the molecule is O=c1ccn2c(c1)-c1cc(F)ccc1C2. The zero-order valence-electron chi connectivity index (χ0n) is 7.90. The molecule has 2 aromatic rings. The fourth-order valence-electron chi connectivity index (χ4n) is 1.99. The summed E-state index contributed by atoms with van der Waals surface area (Å²) in [6, 6.07) is 7.76. The van der Waals surface area contributed by atoms with Gasteiger partial charge in [0, 0.05) is 30.4 Å². The molecule has 0 bridgehead atoms. The molecule has 0 amide bonds. The van der Waals surface area contributed by atoms with Crippen LogP contribution in [0, 0.1) is 5.82 Å². The summed E-state index contributed by atoms with van der Waals surface area (Å²) in [5.41, 5.74) is 2.64. The number of benzene rings is 1. The largest absolute Gasteiger partial charge is 0.343 e. The number of aromatic nitrogens is 1. The normalized spacial score (nSPS) is 12.3. The lowest BCUT2D eigenvalue weighted by molar-refractivity contribution is 0.628. The van der Waals surface area contributed by atoms with Crippen molar-refractivity contribution >= 4 is 0 Å². The van der Waals surface area contributed by atoms with Gasteiger partial charge in [-0.15, -0.1) is 0 Å². The number of nitrogens with zero attached hydrogens (tertiary/aromatic N) is 1. The predicted octanol–water partition coefficient (Wildman–Crippen LogP) is 2.02. The summed E-state index contributed by atoms with van der Waals surface area (Å²) in [5, 5.41) is 0. The molecule has 0 fully saturated rings. The van der Waals surface area contributed by atoms with Crippen LogP contribution in [0.4, 0.5) is 4.39 Å². The monoisotopic (exact) mass is 201 g/mol. The lowest BCUT2D eigenvalue weighted by Gasteiger charge is -2.00. The molecule has 2 nitrogen and oxygen atoms in total. The van der Waals surface area contributed by atoms with Crippen molar-refractivity contribution in [1.29, 1.82) is 0 Å². The molecule has 1 aliphatic heterocycles. The first-order valence-electron chi connectivity index (χ1n) is 4.73. The Labute approximate surface area is 85.6 Å². The van der Waals surface area contributed by atoms with E-state index in [2.05, 4.69) is 0 Å². The van der Waals surface area contributed by atoms with Crippen molar-refractivity contribution in [3.63, 3.8) is 0 Å². The van der Waals surface area contributed by atoms with Crippen LogP contribution in [0.3, 0.4) is 0 Å². The molecule has 2 heterocycles. The molecule has 0 saturated heterocycles. The third kappa shape index (κ3) is 1.20. The molecule has 3 heteroatoms. The van der Waals surface area contributed by atoms with Crippen molar-refractivity contribution in [2.24, 2.45) is 0 Å². The number of pyridine rings is 1. The molecule has 0 N–H and O–H groups in total. The Kier molecular flexibility index (Phi) is 1.57. The fourth-order valence-corrected chi connectivity index (χ4v) is 1.99. The van der Waals surface area contributed by atoms with Gasteiger partial charge in [-0.2, -0.15) is 0 Å². The number of fused-ring (bicyclic) bond motifs is 3. The highest BCUT2D eigenvalue weighted by Gasteiger charge is 2.17. The summed E-state index contributed by atoms with van der Waals surface area (Å²) in [6.45, 7) is 0.714. The maximum absolute atomic E-state index is 13.1. The molecule has 0 atom stereocenters. The van der Waals surface area contributed by atoms with Crippen molar-refractivity contribution in [2.45, 2.75) is 6.54 Å². The molecular formula is C12H8FNO. The quantitative estimate of drug-likeness (QED) is 0.545. The Bertz CT molecular complexity index is 601. The molecule has 1 aromatic carbocycles. The highest BCUT2D eigenvalue weighted by Crippen LogP contribution is 2.30. The Morgan fingerprint density at radius 3 is 2.93 bits per heavy atom. The number of halogens is 1. The van der Waals surface area contributed by atoms with Crippen molar-refractivity contribution in [1.82, 2.24) is 4.57 Å². The minimum absolute atomic E-state index is 0.0432. The summed E-state index contributed by atoms with van der Waals surface area (Å²) in [7, 11) is 0. The number of hydrogen-bond acceptors (Lipinski definition) is 1. The lowest BCUT2D eigenvalue weighted by Crippen LogP contribution is -2.02. The Morgan fingerprint density at radius 1 is 1.20 bits per heavy atom. The molecule has 0 saturated carbocycles. The molecular weight excluding hydrogens is 193 g/mol. The Hall–Kier alpha value is -1.90. The second-order valence-electron chi connectivity index (χ2n) is 3.68. The molecule has 0 unspecified atom stereocenters. The standard InChI is InChI=1S/C12H8FNO/c13-9-2-1-8-7-14-4-3-10(15)6-12(14)11(8)5-9/h1-6H,7H2. The van der Waals surface area contributed by atoms with Crippen LogP contribution in [-0.2, 0) is 6.54 Å². The van der Waals surface area contributed by atoms with Crippen LogP contribution in [0.25, 0.3) is 11.3 Å². The van der Waals surface area contributed by atoms with E-state index in [-0.39, 0.29) is 11.2 Å². The maximum atomic E-state index is 13.1. The first-order valence-corrected chi connectivity index (χ1v) is 4.73. The average molecular weight is 201 g/mol. The third-order valence-electron chi connectivity index (χ3n) is 2.70. The molecule has 1 aromatic heterocycles. The van der Waals surface area contributed by atoms with Crippen molar-refractivity contribution in [2.75, 3.05) is 0 Å². The second-order valence-corrected chi connectivity index (χ2v) is 3.68. The van der Waals surface area contributed by atoms with Crippen LogP contribution in [0.1, 0.15) is 5.56 Å². The van der Waals surface area contributed by atoms with Gasteiger partial charge in [0.05, 0.1) is 5.69 Å². The van der Waals surface area contributed by atoms with Crippen molar-refractivity contribution < 1.29 is 4.39 Å². The highest BCUT2D eigenvalue weighted by molar-refractivity contribution is 5.67. The van der Waals surface area contributed by atoms with E-state index in [4.69, 9.17) is 0 Å². The lowest BCUT2D eigenvalue weighted by atomic mass is 10.1. The Morgan fingerprint density at radius 2 is 2.07 bits per heavy atom. The van der Waals surface area contributed by atoms with E-state index in [1.807, 2.05) is 4.57 Å².